The van der Waals surface area contributed by atoms with Gasteiger partial charge in [0.15, 0.2) is 0 Å². The van der Waals surface area contributed by atoms with Crippen LogP contribution in [0.2, 0.25) is 0 Å². The first kappa shape index (κ1) is 10.1. The molecular formula is C12H22N2O. The fourth-order valence-electron chi connectivity index (χ4n) is 3.42. The molecule has 15 heavy (non-hydrogen) atoms. The lowest BCUT2D eigenvalue weighted by Crippen LogP contribution is -2.59. The van der Waals surface area contributed by atoms with Crippen LogP contribution in [0.15, 0.2) is 0 Å². The van der Waals surface area contributed by atoms with E-state index in [0.29, 0.717) is 5.41 Å². The third-order valence-electron chi connectivity index (χ3n) is 4.53. The van der Waals surface area contributed by atoms with Gasteiger partial charge in [0.05, 0.1) is 6.61 Å². The van der Waals surface area contributed by atoms with Gasteiger partial charge in [-0.05, 0) is 19.9 Å². The van der Waals surface area contributed by atoms with E-state index in [2.05, 4.69) is 17.3 Å². The van der Waals surface area contributed by atoms with Crippen LogP contribution < -0.4 is 5.32 Å². The van der Waals surface area contributed by atoms with Crippen LogP contribution in [0.4, 0.5) is 0 Å². The smallest absolute Gasteiger partial charge is 0.133 e. The Hall–Kier alpha value is -0.120. The average molecular weight is 210 g/mol. The molecule has 1 N–H and O–H groups in total. The zero-order valence-electron chi connectivity index (χ0n) is 9.72. The molecule has 2 aliphatic heterocycles. The minimum absolute atomic E-state index is 0.00257. The van der Waals surface area contributed by atoms with Crippen molar-refractivity contribution in [2.24, 2.45) is 5.41 Å². The summed E-state index contributed by atoms with van der Waals surface area (Å²) in [6.07, 6.45) is 6.69. The standard InChI is InChI=1S/C12H22N2O/c1-14-7-6-12(9-14)13-8-11(10-15-12)4-2-3-5-11/h13H,2-10H2,1H3. The Balaban J connectivity index is 1.65. The molecule has 2 saturated heterocycles. The van der Waals surface area contributed by atoms with Gasteiger partial charge in [-0.25, -0.2) is 0 Å². The predicted octanol–water partition coefficient (Wildman–Crippen LogP) is 1.20. The number of likely N-dealkylation sites (N-methyl/N-ethyl adjacent to an activating group) is 1. The van der Waals surface area contributed by atoms with Crippen molar-refractivity contribution in [1.82, 2.24) is 10.2 Å². The van der Waals surface area contributed by atoms with Crippen molar-refractivity contribution in [2.45, 2.75) is 37.8 Å². The predicted molar refractivity (Wildman–Crippen MR) is 59.7 cm³/mol. The van der Waals surface area contributed by atoms with Crippen LogP contribution >= 0.6 is 0 Å². The minimum Gasteiger partial charge on any atom is -0.359 e. The lowest BCUT2D eigenvalue weighted by atomic mass is 9.85. The lowest BCUT2D eigenvalue weighted by molar-refractivity contribution is -0.135. The summed E-state index contributed by atoms with van der Waals surface area (Å²) in [5.41, 5.74) is 0.495. The molecule has 3 rings (SSSR count). The highest BCUT2D eigenvalue weighted by Crippen LogP contribution is 2.42. The molecule has 3 heteroatoms. The Morgan fingerprint density at radius 3 is 2.53 bits per heavy atom. The second-order valence-corrected chi connectivity index (χ2v) is 5.83. The van der Waals surface area contributed by atoms with Gasteiger partial charge in [0.1, 0.15) is 5.72 Å². The van der Waals surface area contributed by atoms with Gasteiger partial charge < -0.3 is 9.64 Å². The lowest BCUT2D eigenvalue weighted by Gasteiger charge is -2.44. The maximum atomic E-state index is 6.18. The summed E-state index contributed by atoms with van der Waals surface area (Å²) in [5, 5.41) is 3.69. The van der Waals surface area contributed by atoms with Gasteiger partial charge in [-0.3, -0.25) is 5.32 Å². The van der Waals surface area contributed by atoms with Gasteiger partial charge in [0.25, 0.3) is 0 Å². The highest BCUT2D eigenvalue weighted by molar-refractivity contribution is 4.98. The largest absolute Gasteiger partial charge is 0.359 e. The van der Waals surface area contributed by atoms with Gasteiger partial charge in [-0.1, -0.05) is 12.8 Å². The summed E-state index contributed by atoms with van der Waals surface area (Å²) in [5.74, 6) is 0. The maximum Gasteiger partial charge on any atom is 0.133 e. The number of nitrogens with one attached hydrogen (secondary N) is 1. The van der Waals surface area contributed by atoms with E-state index in [-0.39, 0.29) is 5.72 Å². The molecule has 1 saturated carbocycles. The molecule has 0 amide bonds. The van der Waals surface area contributed by atoms with Crippen molar-refractivity contribution >= 4 is 0 Å². The molecule has 0 aromatic heterocycles. The summed E-state index contributed by atoms with van der Waals surface area (Å²) in [6, 6.07) is 0. The fourth-order valence-corrected chi connectivity index (χ4v) is 3.42. The van der Waals surface area contributed by atoms with E-state index >= 15 is 0 Å². The van der Waals surface area contributed by atoms with E-state index in [1.807, 2.05) is 0 Å². The van der Waals surface area contributed by atoms with Crippen LogP contribution in [-0.4, -0.2) is 43.9 Å². The third-order valence-corrected chi connectivity index (χ3v) is 4.53. The van der Waals surface area contributed by atoms with Crippen LogP contribution in [-0.2, 0) is 4.74 Å². The van der Waals surface area contributed by atoms with Crippen LogP contribution in [0.5, 0.6) is 0 Å². The molecule has 86 valence electrons. The molecule has 0 aromatic carbocycles. The Kier molecular flexibility index (Phi) is 2.31. The molecule has 3 fully saturated rings. The Labute approximate surface area is 92.2 Å². The van der Waals surface area contributed by atoms with Crippen LogP contribution in [0.25, 0.3) is 0 Å². The van der Waals surface area contributed by atoms with Gasteiger partial charge in [0, 0.05) is 31.5 Å². The second kappa shape index (κ2) is 3.44. The topological polar surface area (TPSA) is 24.5 Å². The molecule has 1 unspecified atom stereocenters. The fraction of sp³-hybridized carbons (Fsp3) is 1.00. The van der Waals surface area contributed by atoms with Crippen molar-refractivity contribution in [3.8, 4) is 0 Å². The number of hydrogen-bond donors (Lipinski definition) is 1. The van der Waals surface area contributed by atoms with Crippen molar-refractivity contribution < 1.29 is 4.74 Å². The number of ether oxygens (including phenoxy) is 1. The Morgan fingerprint density at radius 1 is 1.20 bits per heavy atom. The van der Waals surface area contributed by atoms with E-state index in [4.69, 9.17) is 4.74 Å². The molecule has 2 spiro atoms. The number of rotatable bonds is 0. The van der Waals surface area contributed by atoms with E-state index < -0.39 is 0 Å². The molecular weight excluding hydrogens is 188 g/mol. The molecule has 2 heterocycles. The van der Waals surface area contributed by atoms with Crippen molar-refractivity contribution in [1.29, 1.82) is 0 Å². The molecule has 0 radical (unpaired) electrons. The van der Waals surface area contributed by atoms with Crippen LogP contribution in [0, 0.1) is 5.41 Å². The molecule has 3 nitrogen and oxygen atoms in total. The van der Waals surface area contributed by atoms with Crippen molar-refractivity contribution in [3.63, 3.8) is 0 Å². The summed E-state index contributed by atoms with van der Waals surface area (Å²) >= 11 is 0. The minimum atomic E-state index is 0.00257. The highest BCUT2D eigenvalue weighted by Gasteiger charge is 2.46. The van der Waals surface area contributed by atoms with Gasteiger partial charge in [-0.15, -0.1) is 0 Å². The summed E-state index contributed by atoms with van der Waals surface area (Å²) in [7, 11) is 2.18. The van der Waals surface area contributed by atoms with Crippen molar-refractivity contribution in [2.75, 3.05) is 33.3 Å². The molecule has 3 aliphatic rings. The zero-order valence-corrected chi connectivity index (χ0v) is 9.72. The maximum absolute atomic E-state index is 6.18. The van der Waals surface area contributed by atoms with Gasteiger partial charge in [-0.2, -0.15) is 0 Å². The first-order valence-electron chi connectivity index (χ1n) is 6.30. The quantitative estimate of drug-likeness (QED) is 0.650. The molecule has 1 atom stereocenters. The highest BCUT2D eigenvalue weighted by atomic mass is 16.5. The first-order valence-corrected chi connectivity index (χ1v) is 6.30. The zero-order chi connectivity index (χ0) is 10.4. The van der Waals surface area contributed by atoms with Crippen molar-refractivity contribution in [3.05, 3.63) is 0 Å². The number of nitrogens with zero attached hydrogens (tertiary/aromatic N) is 1. The summed E-state index contributed by atoms with van der Waals surface area (Å²) < 4.78 is 6.18. The molecule has 0 bridgehead atoms. The van der Waals surface area contributed by atoms with E-state index in [1.165, 1.54) is 38.8 Å². The average Bonchev–Trinajstić information content (AvgIpc) is 2.81. The SMILES string of the molecule is CN1CCC2(C1)NCC1(CCCC1)CO2. The molecule has 0 aromatic rings. The third kappa shape index (κ3) is 1.71. The van der Waals surface area contributed by atoms with Gasteiger partial charge >= 0.3 is 0 Å². The number of likely N-dealkylation sites (tertiary alicyclic amines) is 1. The Morgan fingerprint density at radius 2 is 2.00 bits per heavy atom. The Bertz CT molecular complexity index is 238. The summed E-state index contributed by atoms with van der Waals surface area (Å²) in [6.45, 7) is 4.40. The van der Waals surface area contributed by atoms with E-state index in [9.17, 15) is 0 Å². The van der Waals surface area contributed by atoms with Crippen LogP contribution in [0.3, 0.4) is 0 Å². The van der Waals surface area contributed by atoms with Crippen LogP contribution in [0.1, 0.15) is 32.1 Å². The monoisotopic (exact) mass is 210 g/mol. The second-order valence-electron chi connectivity index (χ2n) is 5.83. The van der Waals surface area contributed by atoms with E-state index in [0.717, 1.165) is 19.6 Å². The number of hydrogen-bond acceptors (Lipinski definition) is 3. The molecule has 1 aliphatic carbocycles. The van der Waals surface area contributed by atoms with Gasteiger partial charge in [0.2, 0.25) is 0 Å². The first-order chi connectivity index (χ1) is 7.22. The summed E-state index contributed by atoms with van der Waals surface area (Å²) in [4.78, 5) is 2.36. The van der Waals surface area contributed by atoms with E-state index in [1.54, 1.807) is 0 Å². The normalized spacial score (nSPS) is 40.6.